The van der Waals surface area contributed by atoms with Crippen LogP contribution in [0.3, 0.4) is 0 Å². The molecule has 0 radical (unpaired) electrons. The van der Waals surface area contributed by atoms with E-state index in [4.69, 9.17) is 21.1 Å². The third-order valence-electron chi connectivity index (χ3n) is 3.25. The van der Waals surface area contributed by atoms with Gasteiger partial charge in [-0.3, -0.25) is 0 Å². The molecule has 6 heteroatoms. The van der Waals surface area contributed by atoms with Gasteiger partial charge in [-0.15, -0.1) is 0 Å². The number of rotatable bonds is 4. The molecule has 0 fully saturated rings. The fourth-order valence-corrected chi connectivity index (χ4v) is 2.28. The van der Waals surface area contributed by atoms with Gasteiger partial charge in [-0.05, 0) is 30.3 Å². The monoisotopic (exact) mass is 315 g/mol. The van der Waals surface area contributed by atoms with E-state index in [1.54, 1.807) is 14.2 Å². The fourth-order valence-electron chi connectivity index (χ4n) is 2.15. The van der Waals surface area contributed by atoms with Crippen LogP contribution in [0.1, 0.15) is 0 Å². The summed E-state index contributed by atoms with van der Waals surface area (Å²) >= 11 is 5.90. The zero-order valence-electron chi connectivity index (χ0n) is 12.1. The molecule has 0 aliphatic rings. The minimum atomic E-state index is 0.629. The number of halogens is 1. The molecule has 0 amide bonds. The number of ether oxygens (including phenoxy) is 2. The Kier molecular flexibility index (Phi) is 3.98. The highest BCUT2D eigenvalue weighted by Gasteiger charge is 2.11. The van der Waals surface area contributed by atoms with Crippen molar-refractivity contribution < 1.29 is 9.47 Å². The highest BCUT2D eigenvalue weighted by molar-refractivity contribution is 6.30. The first-order chi connectivity index (χ1) is 10.7. The van der Waals surface area contributed by atoms with Gasteiger partial charge in [0.05, 0.1) is 19.7 Å². The quantitative estimate of drug-likeness (QED) is 0.787. The van der Waals surface area contributed by atoms with Crippen LogP contribution in [0.5, 0.6) is 11.5 Å². The number of hydrogen-bond acceptors (Lipinski definition) is 5. The van der Waals surface area contributed by atoms with E-state index >= 15 is 0 Å². The van der Waals surface area contributed by atoms with Gasteiger partial charge in [0.15, 0.2) is 11.5 Å². The second kappa shape index (κ2) is 6.07. The van der Waals surface area contributed by atoms with E-state index in [9.17, 15) is 0 Å². The number of anilines is 2. The molecule has 3 aromatic rings. The Hall–Kier alpha value is -2.53. The molecule has 0 spiro atoms. The molecule has 5 nitrogen and oxygen atoms in total. The van der Waals surface area contributed by atoms with Crippen LogP contribution in [0.2, 0.25) is 5.02 Å². The van der Waals surface area contributed by atoms with E-state index in [0.29, 0.717) is 22.3 Å². The van der Waals surface area contributed by atoms with Gasteiger partial charge in [0.25, 0.3) is 0 Å². The smallest absolute Gasteiger partial charge is 0.162 e. The molecule has 1 aromatic heterocycles. The highest BCUT2D eigenvalue weighted by Crippen LogP contribution is 2.34. The Morgan fingerprint density at radius 1 is 0.955 bits per heavy atom. The summed E-state index contributed by atoms with van der Waals surface area (Å²) in [4.78, 5) is 8.58. The van der Waals surface area contributed by atoms with E-state index in [1.807, 2.05) is 36.4 Å². The van der Waals surface area contributed by atoms with E-state index in [0.717, 1.165) is 16.6 Å². The molecule has 0 saturated carbocycles. The van der Waals surface area contributed by atoms with Gasteiger partial charge in [0.2, 0.25) is 0 Å². The maximum atomic E-state index is 5.90. The van der Waals surface area contributed by atoms with Crippen LogP contribution in [0.25, 0.3) is 10.9 Å². The number of aromatic nitrogens is 2. The number of hydrogen-bond donors (Lipinski definition) is 1. The van der Waals surface area contributed by atoms with E-state index in [1.165, 1.54) is 6.33 Å². The van der Waals surface area contributed by atoms with Crippen LogP contribution in [0.15, 0.2) is 42.7 Å². The van der Waals surface area contributed by atoms with Crippen LogP contribution in [-0.2, 0) is 0 Å². The lowest BCUT2D eigenvalue weighted by Crippen LogP contribution is -1.97. The largest absolute Gasteiger partial charge is 0.493 e. The molecule has 3 rings (SSSR count). The number of fused-ring (bicyclic) bond motifs is 1. The summed E-state index contributed by atoms with van der Waals surface area (Å²) in [5.74, 6) is 1.95. The normalized spacial score (nSPS) is 10.5. The van der Waals surface area contributed by atoms with Crippen LogP contribution < -0.4 is 14.8 Å². The predicted octanol–water partition coefficient (Wildman–Crippen LogP) is 4.04. The summed E-state index contributed by atoms with van der Waals surface area (Å²) in [5.41, 5.74) is 1.66. The van der Waals surface area contributed by atoms with Gasteiger partial charge < -0.3 is 14.8 Å². The first kappa shape index (κ1) is 14.4. The van der Waals surface area contributed by atoms with Crippen molar-refractivity contribution in [2.24, 2.45) is 0 Å². The van der Waals surface area contributed by atoms with Gasteiger partial charge in [-0.25, -0.2) is 9.97 Å². The maximum Gasteiger partial charge on any atom is 0.162 e. The number of nitrogens with zero attached hydrogens (tertiary/aromatic N) is 2. The lowest BCUT2D eigenvalue weighted by Gasteiger charge is -2.12. The Bertz CT molecular complexity index is 806. The van der Waals surface area contributed by atoms with Crippen molar-refractivity contribution in [3.05, 3.63) is 47.7 Å². The van der Waals surface area contributed by atoms with Gasteiger partial charge >= 0.3 is 0 Å². The molecule has 2 aromatic carbocycles. The van der Waals surface area contributed by atoms with Crippen molar-refractivity contribution in [2.45, 2.75) is 0 Å². The first-order valence-corrected chi connectivity index (χ1v) is 6.98. The average molecular weight is 316 g/mol. The Labute approximate surface area is 132 Å². The lowest BCUT2D eigenvalue weighted by atomic mass is 10.2. The molecular weight excluding hydrogens is 302 g/mol. The average Bonchev–Trinajstić information content (AvgIpc) is 2.56. The molecule has 0 unspecified atom stereocenters. The molecule has 1 heterocycles. The fraction of sp³-hybridized carbons (Fsp3) is 0.125. The lowest BCUT2D eigenvalue weighted by molar-refractivity contribution is 0.356. The zero-order valence-corrected chi connectivity index (χ0v) is 12.9. The Morgan fingerprint density at radius 2 is 1.64 bits per heavy atom. The third-order valence-corrected chi connectivity index (χ3v) is 3.50. The molecule has 112 valence electrons. The van der Waals surface area contributed by atoms with Crippen LogP contribution in [-0.4, -0.2) is 24.2 Å². The molecule has 0 aliphatic carbocycles. The summed E-state index contributed by atoms with van der Waals surface area (Å²) < 4.78 is 10.6. The minimum Gasteiger partial charge on any atom is -0.493 e. The van der Waals surface area contributed by atoms with Gasteiger partial charge in [-0.1, -0.05) is 11.6 Å². The van der Waals surface area contributed by atoms with E-state index in [2.05, 4.69) is 15.3 Å². The zero-order chi connectivity index (χ0) is 15.5. The molecule has 1 N–H and O–H groups in total. The van der Waals surface area contributed by atoms with Crippen LogP contribution in [0.4, 0.5) is 11.5 Å². The molecule has 0 saturated heterocycles. The van der Waals surface area contributed by atoms with E-state index < -0.39 is 0 Å². The molecule has 0 atom stereocenters. The highest BCUT2D eigenvalue weighted by atomic mass is 35.5. The second-order valence-electron chi connectivity index (χ2n) is 4.58. The van der Waals surface area contributed by atoms with Crippen LogP contribution in [0, 0.1) is 0 Å². The Morgan fingerprint density at radius 3 is 2.32 bits per heavy atom. The van der Waals surface area contributed by atoms with Gasteiger partial charge in [0.1, 0.15) is 12.1 Å². The van der Waals surface area contributed by atoms with E-state index in [-0.39, 0.29) is 0 Å². The first-order valence-electron chi connectivity index (χ1n) is 6.60. The summed E-state index contributed by atoms with van der Waals surface area (Å²) in [6.07, 6.45) is 1.51. The van der Waals surface area contributed by atoms with Crippen molar-refractivity contribution in [1.29, 1.82) is 0 Å². The van der Waals surface area contributed by atoms with Crippen molar-refractivity contribution in [1.82, 2.24) is 9.97 Å². The minimum absolute atomic E-state index is 0.629. The van der Waals surface area contributed by atoms with Gasteiger partial charge in [-0.2, -0.15) is 0 Å². The summed E-state index contributed by atoms with van der Waals surface area (Å²) in [7, 11) is 3.19. The van der Waals surface area contributed by atoms with Crippen LogP contribution >= 0.6 is 11.6 Å². The molecular formula is C16H14ClN3O2. The Balaban J connectivity index is 2.07. The van der Waals surface area contributed by atoms with Crippen molar-refractivity contribution in [2.75, 3.05) is 19.5 Å². The standard InChI is InChI=1S/C16H14ClN3O2/c1-21-14-7-12-13(8-15(14)22-2)18-9-19-16(12)20-11-5-3-10(17)4-6-11/h3-9H,1-2H3,(H,18,19,20). The number of benzene rings is 2. The SMILES string of the molecule is COc1cc2ncnc(Nc3ccc(Cl)cc3)c2cc1OC. The molecule has 0 aliphatic heterocycles. The van der Waals surface area contributed by atoms with Crippen molar-refractivity contribution in [3.63, 3.8) is 0 Å². The van der Waals surface area contributed by atoms with Crippen molar-refractivity contribution in [3.8, 4) is 11.5 Å². The maximum absolute atomic E-state index is 5.90. The molecule has 22 heavy (non-hydrogen) atoms. The third kappa shape index (κ3) is 2.76. The van der Waals surface area contributed by atoms with Gasteiger partial charge in [0, 0.05) is 22.2 Å². The summed E-state index contributed by atoms with van der Waals surface area (Å²) in [5, 5.41) is 4.78. The summed E-state index contributed by atoms with van der Waals surface area (Å²) in [6, 6.07) is 11.1. The van der Waals surface area contributed by atoms with Crippen molar-refractivity contribution >= 4 is 34.0 Å². The summed E-state index contributed by atoms with van der Waals surface area (Å²) in [6.45, 7) is 0. The second-order valence-corrected chi connectivity index (χ2v) is 5.01. The predicted molar refractivity (Wildman–Crippen MR) is 87.4 cm³/mol. The number of methoxy groups -OCH3 is 2. The number of nitrogens with one attached hydrogen (secondary N) is 1. The topological polar surface area (TPSA) is 56.3 Å². The molecule has 0 bridgehead atoms.